The van der Waals surface area contributed by atoms with E-state index in [1.54, 1.807) is 30.6 Å². The number of carboxylic acids is 1. The van der Waals surface area contributed by atoms with Gasteiger partial charge in [0.05, 0.1) is 17.0 Å². The van der Waals surface area contributed by atoms with Crippen LogP contribution in [0.3, 0.4) is 0 Å². The van der Waals surface area contributed by atoms with Gasteiger partial charge in [0.25, 0.3) is 5.79 Å². The molecular formula is C30H27ClFN3O4S. The molecule has 2 aromatic carbocycles. The molecule has 10 heteroatoms. The summed E-state index contributed by atoms with van der Waals surface area (Å²) in [6.07, 6.45) is 3.65. The molecule has 0 aliphatic carbocycles. The van der Waals surface area contributed by atoms with Crippen LogP contribution in [0, 0.1) is 12.7 Å². The van der Waals surface area contributed by atoms with Crippen LogP contribution in [0.2, 0.25) is 5.02 Å². The molecule has 2 aliphatic heterocycles. The number of aromatic carboxylic acids is 1. The van der Waals surface area contributed by atoms with E-state index in [1.807, 2.05) is 25.1 Å². The van der Waals surface area contributed by atoms with Gasteiger partial charge in [-0.15, -0.1) is 11.3 Å². The first-order chi connectivity index (χ1) is 19.2. The largest absolute Gasteiger partial charge is 0.476 e. The van der Waals surface area contributed by atoms with E-state index in [9.17, 15) is 9.18 Å². The summed E-state index contributed by atoms with van der Waals surface area (Å²) in [5.41, 5.74) is 4.87. The van der Waals surface area contributed by atoms with Crippen LogP contribution in [0.5, 0.6) is 11.5 Å². The van der Waals surface area contributed by atoms with E-state index in [0.717, 1.165) is 66.2 Å². The molecule has 40 heavy (non-hydrogen) atoms. The van der Waals surface area contributed by atoms with E-state index in [-0.39, 0.29) is 10.9 Å². The van der Waals surface area contributed by atoms with Gasteiger partial charge in [0, 0.05) is 41.2 Å². The summed E-state index contributed by atoms with van der Waals surface area (Å²) in [5, 5.41) is 11.3. The highest BCUT2D eigenvalue weighted by Crippen LogP contribution is 2.49. The molecule has 1 N–H and O–H groups in total. The SMILES string of the molecule is Cc1cc(-c2csc(C(=O)O)n2)cnc1CN1CCC(c2cccc3c2OC(C)(c2ccc(Cl)cc2F)O3)CC1. The molecule has 1 unspecified atom stereocenters. The van der Waals surface area contributed by atoms with Crippen LogP contribution in [-0.4, -0.2) is 39.0 Å². The number of likely N-dealkylation sites (tertiary alicyclic amines) is 1. The summed E-state index contributed by atoms with van der Waals surface area (Å²) in [6.45, 7) is 6.28. The molecule has 0 radical (unpaired) electrons. The number of aryl methyl sites for hydroxylation is 1. The fourth-order valence-electron chi connectivity index (χ4n) is 5.46. The highest BCUT2D eigenvalue weighted by molar-refractivity contribution is 7.11. The Balaban J connectivity index is 1.12. The first-order valence-corrected chi connectivity index (χ1v) is 14.3. The molecule has 1 fully saturated rings. The van der Waals surface area contributed by atoms with Crippen molar-refractivity contribution in [2.24, 2.45) is 0 Å². The van der Waals surface area contributed by atoms with Crippen LogP contribution in [-0.2, 0) is 12.3 Å². The summed E-state index contributed by atoms with van der Waals surface area (Å²) < 4.78 is 27.2. The zero-order chi connectivity index (χ0) is 28.0. The number of thiazole rings is 1. The number of ether oxygens (including phenoxy) is 2. The Hall–Kier alpha value is -3.53. The van der Waals surface area contributed by atoms with Gasteiger partial charge in [-0.25, -0.2) is 14.2 Å². The second kappa shape index (κ2) is 10.5. The zero-order valence-electron chi connectivity index (χ0n) is 22.0. The normalized spacial score (nSPS) is 19.2. The lowest BCUT2D eigenvalue weighted by atomic mass is 9.88. The monoisotopic (exact) mass is 579 g/mol. The van der Waals surface area contributed by atoms with Crippen molar-refractivity contribution < 1.29 is 23.8 Å². The van der Waals surface area contributed by atoms with Gasteiger partial charge in [-0.2, -0.15) is 0 Å². The molecule has 0 bridgehead atoms. The summed E-state index contributed by atoms with van der Waals surface area (Å²) in [6, 6.07) is 12.4. The van der Waals surface area contributed by atoms with Gasteiger partial charge < -0.3 is 14.6 Å². The van der Waals surface area contributed by atoms with E-state index in [2.05, 4.69) is 20.9 Å². The van der Waals surface area contributed by atoms with E-state index in [4.69, 9.17) is 26.2 Å². The number of carbonyl (C=O) groups is 1. The number of carboxylic acid groups (broad SMARTS) is 1. The number of pyridine rings is 1. The van der Waals surface area contributed by atoms with Crippen molar-refractivity contribution in [1.82, 2.24) is 14.9 Å². The van der Waals surface area contributed by atoms with Crippen LogP contribution in [0.1, 0.15) is 57.9 Å². The lowest BCUT2D eigenvalue weighted by molar-refractivity contribution is -0.0712. The molecule has 1 saturated heterocycles. The van der Waals surface area contributed by atoms with Gasteiger partial charge in [0.1, 0.15) is 5.82 Å². The third kappa shape index (κ3) is 5.05. The van der Waals surface area contributed by atoms with Crippen LogP contribution < -0.4 is 9.47 Å². The van der Waals surface area contributed by atoms with Crippen molar-refractivity contribution in [2.45, 2.75) is 44.9 Å². The predicted molar refractivity (Wildman–Crippen MR) is 151 cm³/mol. The first-order valence-electron chi connectivity index (χ1n) is 13.0. The second-order valence-corrected chi connectivity index (χ2v) is 11.6. The number of piperidine rings is 1. The topological polar surface area (TPSA) is 84.8 Å². The maximum absolute atomic E-state index is 14.7. The van der Waals surface area contributed by atoms with E-state index in [1.165, 1.54) is 6.07 Å². The number of nitrogens with zero attached hydrogens (tertiary/aromatic N) is 3. The molecule has 0 spiro atoms. The maximum atomic E-state index is 14.7. The van der Waals surface area contributed by atoms with E-state index < -0.39 is 17.6 Å². The van der Waals surface area contributed by atoms with Crippen molar-refractivity contribution in [3.05, 3.63) is 92.3 Å². The van der Waals surface area contributed by atoms with Gasteiger partial charge in [-0.1, -0.05) is 23.7 Å². The number of fused-ring (bicyclic) bond motifs is 1. The third-order valence-electron chi connectivity index (χ3n) is 7.60. The minimum absolute atomic E-state index is 0.0717. The Kier molecular flexibility index (Phi) is 6.98. The third-order valence-corrected chi connectivity index (χ3v) is 8.67. The molecule has 2 aliphatic rings. The fourth-order valence-corrected chi connectivity index (χ4v) is 6.29. The minimum Gasteiger partial charge on any atom is -0.476 e. The Morgan fingerprint density at radius 3 is 2.73 bits per heavy atom. The van der Waals surface area contributed by atoms with E-state index in [0.29, 0.717) is 27.8 Å². The molecule has 0 saturated carbocycles. The van der Waals surface area contributed by atoms with Crippen molar-refractivity contribution in [2.75, 3.05) is 13.1 Å². The summed E-state index contributed by atoms with van der Waals surface area (Å²) >= 11 is 7.06. The van der Waals surface area contributed by atoms with Gasteiger partial charge in [-0.05, 0) is 74.7 Å². The lowest BCUT2D eigenvalue weighted by Crippen LogP contribution is -2.34. The second-order valence-electron chi connectivity index (χ2n) is 10.3. The average Bonchev–Trinajstić information content (AvgIpc) is 3.55. The molecule has 6 rings (SSSR count). The Morgan fingerprint density at radius 2 is 2.02 bits per heavy atom. The van der Waals surface area contributed by atoms with Gasteiger partial charge >= 0.3 is 5.97 Å². The number of hydrogen-bond donors (Lipinski definition) is 1. The average molecular weight is 580 g/mol. The summed E-state index contributed by atoms with van der Waals surface area (Å²) in [5.74, 6) is -1.17. The van der Waals surface area contributed by atoms with Crippen LogP contribution >= 0.6 is 22.9 Å². The number of para-hydroxylation sites is 1. The molecule has 1 atom stereocenters. The molecule has 0 amide bonds. The van der Waals surface area contributed by atoms with Crippen molar-refractivity contribution in [1.29, 1.82) is 0 Å². The molecular weight excluding hydrogens is 553 g/mol. The Morgan fingerprint density at radius 1 is 1.23 bits per heavy atom. The standard InChI is InChI=1S/C30H27ClFN3O4S/c1-17-12-19(25-16-40-28(34-25)29(36)37)14-33-24(17)15-35-10-8-18(9-11-35)21-4-3-5-26-27(21)39-30(2,38-26)22-7-6-20(31)13-23(22)32/h3-7,12-14,16,18H,8-11,15H2,1-2H3,(H,36,37). The fraction of sp³-hybridized carbons (Fsp3) is 0.300. The number of hydrogen-bond acceptors (Lipinski definition) is 7. The van der Waals surface area contributed by atoms with Gasteiger partial charge in [-0.3, -0.25) is 9.88 Å². The Labute approximate surface area is 240 Å². The first kappa shape index (κ1) is 26.7. The minimum atomic E-state index is -1.27. The zero-order valence-corrected chi connectivity index (χ0v) is 23.6. The molecule has 206 valence electrons. The smallest absolute Gasteiger partial charge is 0.365 e. The molecule has 7 nitrogen and oxygen atoms in total. The van der Waals surface area contributed by atoms with Gasteiger partial charge in [0.15, 0.2) is 11.5 Å². The number of benzene rings is 2. The highest BCUT2D eigenvalue weighted by atomic mass is 35.5. The number of rotatable bonds is 6. The molecule has 4 heterocycles. The number of aromatic nitrogens is 2. The van der Waals surface area contributed by atoms with Crippen LogP contribution in [0.15, 0.2) is 54.0 Å². The van der Waals surface area contributed by atoms with Crippen molar-refractivity contribution in [3.8, 4) is 22.8 Å². The quantitative estimate of drug-likeness (QED) is 0.262. The number of halogens is 2. The van der Waals surface area contributed by atoms with Crippen molar-refractivity contribution in [3.63, 3.8) is 0 Å². The van der Waals surface area contributed by atoms with Crippen molar-refractivity contribution >= 4 is 28.9 Å². The van der Waals surface area contributed by atoms with Crippen LogP contribution in [0.4, 0.5) is 4.39 Å². The van der Waals surface area contributed by atoms with Crippen LogP contribution in [0.25, 0.3) is 11.3 Å². The highest BCUT2D eigenvalue weighted by Gasteiger charge is 2.43. The molecule has 2 aromatic heterocycles. The van der Waals surface area contributed by atoms with E-state index >= 15 is 0 Å². The Bertz CT molecular complexity index is 1600. The lowest BCUT2D eigenvalue weighted by Gasteiger charge is -2.32. The summed E-state index contributed by atoms with van der Waals surface area (Å²) in [4.78, 5) is 22.4. The summed E-state index contributed by atoms with van der Waals surface area (Å²) in [7, 11) is 0. The predicted octanol–water partition coefficient (Wildman–Crippen LogP) is 7.03. The molecule has 4 aromatic rings. The maximum Gasteiger partial charge on any atom is 0.365 e. The van der Waals surface area contributed by atoms with Gasteiger partial charge in [0.2, 0.25) is 5.01 Å².